The highest BCUT2D eigenvalue weighted by Crippen LogP contribution is 2.33. The Morgan fingerprint density at radius 1 is 0.400 bits per heavy atom. The van der Waals surface area contributed by atoms with E-state index in [1.54, 1.807) is 0 Å². The molecule has 6 nitrogen and oxygen atoms in total. The monoisotopic (exact) mass is 484 g/mol. The molecule has 0 bridgehead atoms. The molecule has 4 aliphatic carbocycles. The van der Waals surface area contributed by atoms with Gasteiger partial charge in [0.2, 0.25) is 0 Å². The number of hydrogen-bond donors (Lipinski definition) is 2. The van der Waals surface area contributed by atoms with Gasteiger partial charge in [-0.1, -0.05) is 87.4 Å². The van der Waals surface area contributed by atoms with Crippen LogP contribution in [-0.4, -0.2) is 39.9 Å². The van der Waals surface area contributed by atoms with Crippen molar-refractivity contribution in [2.24, 2.45) is 44.0 Å². The molecule has 0 saturated heterocycles. The molecule has 4 rings (SSSR count). The van der Waals surface area contributed by atoms with Gasteiger partial charge in [0, 0.05) is 23.7 Å². The van der Waals surface area contributed by atoms with Gasteiger partial charge in [0.25, 0.3) is 0 Å². The zero-order valence-corrected chi connectivity index (χ0v) is 21.8. The summed E-state index contributed by atoms with van der Waals surface area (Å²) in [6.07, 6.45) is 23.9. The molecular weight excluding hydrogens is 436 g/mol. The van der Waals surface area contributed by atoms with Gasteiger partial charge in [-0.15, -0.1) is 0 Å². The van der Waals surface area contributed by atoms with E-state index in [1.165, 1.54) is 77.0 Å². The third kappa shape index (κ3) is 7.16. The second-order valence-corrected chi connectivity index (χ2v) is 11.5. The van der Waals surface area contributed by atoms with Crippen LogP contribution in [0.2, 0.25) is 0 Å². The molecule has 0 aliphatic heterocycles. The van der Waals surface area contributed by atoms with Gasteiger partial charge in [0.15, 0.2) is 0 Å². The van der Waals surface area contributed by atoms with Crippen LogP contribution in [0.15, 0.2) is 20.3 Å². The van der Waals surface area contributed by atoms with Crippen LogP contribution in [-0.2, 0) is 0 Å². The van der Waals surface area contributed by atoms with Crippen molar-refractivity contribution in [1.29, 1.82) is 0 Å². The molecule has 0 unspecified atom stereocenters. The fourth-order valence-corrected chi connectivity index (χ4v) is 7.21. The van der Waals surface area contributed by atoms with Crippen molar-refractivity contribution >= 4 is 22.8 Å². The van der Waals surface area contributed by atoms with E-state index in [0.717, 1.165) is 74.2 Å². The molecule has 0 spiro atoms. The predicted octanol–water partition coefficient (Wildman–Crippen LogP) is 7.81. The first-order valence-electron chi connectivity index (χ1n) is 14.8. The molecule has 0 radical (unpaired) electrons. The van der Waals surface area contributed by atoms with Crippen LogP contribution in [0.4, 0.5) is 0 Å². The highest BCUT2D eigenvalue weighted by Gasteiger charge is 2.31. The average Bonchev–Trinajstić information content (AvgIpc) is 2.94. The third-order valence-electron chi connectivity index (χ3n) is 9.19. The molecule has 0 atom stereocenters. The lowest BCUT2D eigenvalue weighted by Crippen LogP contribution is -2.34. The Morgan fingerprint density at radius 2 is 0.657 bits per heavy atom. The highest BCUT2D eigenvalue weighted by atomic mass is 16.4. The van der Waals surface area contributed by atoms with E-state index >= 15 is 0 Å². The lowest BCUT2D eigenvalue weighted by atomic mass is 9.77. The first-order chi connectivity index (χ1) is 17.3. The van der Waals surface area contributed by atoms with Gasteiger partial charge in [0.05, 0.1) is 11.4 Å². The SMILES string of the molecule is ON=C(C(=NCN=C(C(=NO)C1CCCCC1)C1CCCCC1)C1CCCCC1)C1CCCCC1. The van der Waals surface area contributed by atoms with Gasteiger partial charge in [-0.05, 0) is 51.4 Å². The van der Waals surface area contributed by atoms with E-state index in [2.05, 4.69) is 10.3 Å². The molecule has 0 aromatic rings. The Bertz CT molecular complexity index is 700. The maximum Gasteiger partial charge on any atom is 0.130 e. The lowest BCUT2D eigenvalue weighted by molar-refractivity contribution is 0.310. The molecule has 0 aromatic heterocycles. The third-order valence-corrected chi connectivity index (χ3v) is 9.19. The molecule has 196 valence electrons. The molecule has 0 amide bonds. The molecule has 6 heteroatoms. The number of rotatable bonds is 8. The number of hydrogen-bond acceptors (Lipinski definition) is 6. The van der Waals surface area contributed by atoms with Crippen LogP contribution >= 0.6 is 0 Å². The van der Waals surface area contributed by atoms with Gasteiger partial charge in [-0.3, -0.25) is 9.98 Å². The van der Waals surface area contributed by atoms with Gasteiger partial charge in [-0.2, -0.15) is 0 Å². The quantitative estimate of drug-likeness (QED) is 0.209. The Hall–Kier alpha value is -1.72. The maximum absolute atomic E-state index is 10.1. The maximum atomic E-state index is 10.1. The predicted molar refractivity (Wildman–Crippen MR) is 144 cm³/mol. The Morgan fingerprint density at radius 3 is 0.914 bits per heavy atom. The first kappa shape index (κ1) is 26.3. The highest BCUT2D eigenvalue weighted by molar-refractivity contribution is 6.44. The number of oxime groups is 2. The zero-order valence-electron chi connectivity index (χ0n) is 21.8. The average molecular weight is 485 g/mol. The number of nitrogens with zero attached hydrogens (tertiary/aromatic N) is 4. The van der Waals surface area contributed by atoms with E-state index in [9.17, 15) is 10.4 Å². The smallest absolute Gasteiger partial charge is 0.130 e. The van der Waals surface area contributed by atoms with Crippen molar-refractivity contribution < 1.29 is 10.4 Å². The molecule has 4 fully saturated rings. The molecule has 0 heterocycles. The standard InChI is InChI=1S/C29H48N4O2/c34-32-28(24-17-9-3-10-18-24)26(22-13-5-1-6-14-22)30-21-31-27(23-15-7-2-8-16-23)29(33-35)25-19-11-4-12-20-25/h22-25,34-35H,1-21H2. The summed E-state index contributed by atoms with van der Waals surface area (Å²) < 4.78 is 0. The first-order valence-corrected chi connectivity index (χ1v) is 14.8. The Kier molecular flexibility index (Phi) is 10.6. The Balaban J connectivity index is 1.60. The van der Waals surface area contributed by atoms with E-state index in [-0.39, 0.29) is 0 Å². The fraction of sp³-hybridized carbons (Fsp3) is 0.862. The zero-order chi connectivity index (χ0) is 24.3. The van der Waals surface area contributed by atoms with Crippen LogP contribution in [0.5, 0.6) is 0 Å². The molecule has 2 N–H and O–H groups in total. The van der Waals surface area contributed by atoms with E-state index in [1.807, 2.05) is 0 Å². The van der Waals surface area contributed by atoms with Gasteiger partial charge in [0.1, 0.15) is 18.1 Å². The largest absolute Gasteiger partial charge is 0.411 e. The minimum atomic E-state index is 0.327. The topological polar surface area (TPSA) is 89.9 Å². The molecule has 4 aliphatic rings. The van der Waals surface area contributed by atoms with Crippen molar-refractivity contribution in [2.75, 3.05) is 6.67 Å². The Labute approximate surface area is 212 Å². The second kappa shape index (κ2) is 14.1. The summed E-state index contributed by atoms with van der Waals surface area (Å²) in [6, 6.07) is 0. The van der Waals surface area contributed by atoms with Gasteiger partial charge >= 0.3 is 0 Å². The van der Waals surface area contributed by atoms with E-state index in [4.69, 9.17) is 9.98 Å². The van der Waals surface area contributed by atoms with Gasteiger partial charge in [-0.25, -0.2) is 0 Å². The molecular formula is C29H48N4O2. The summed E-state index contributed by atoms with van der Waals surface area (Å²) in [6.45, 7) is 0.356. The summed E-state index contributed by atoms with van der Waals surface area (Å²) in [5, 5.41) is 28.0. The van der Waals surface area contributed by atoms with Crippen molar-refractivity contribution in [3.05, 3.63) is 0 Å². The van der Waals surface area contributed by atoms with Crippen LogP contribution in [0.3, 0.4) is 0 Å². The molecule has 4 saturated carbocycles. The van der Waals surface area contributed by atoms with Crippen LogP contribution in [0.1, 0.15) is 128 Å². The summed E-state index contributed by atoms with van der Waals surface area (Å²) >= 11 is 0. The van der Waals surface area contributed by atoms with Crippen molar-refractivity contribution in [3.8, 4) is 0 Å². The van der Waals surface area contributed by atoms with Crippen LogP contribution < -0.4 is 0 Å². The fourth-order valence-electron chi connectivity index (χ4n) is 7.21. The van der Waals surface area contributed by atoms with Crippen molar-refractivity contribution in [2.45, 2.75) is 128 Å². The van der Waals surface area contributed by atoms with Crippen molar-refractivity contribution in [3.63, 3.8) is 0 Å². The second-order valence-electron chi connectivity index (χ2n) is 11.5. The van der Waals surface area contributed by atoms with E-state index < -0.39 is 0 Å². The van der Waals surface area contributed by atoms with Gasteiger partial charge < -0.3 is 10.4 Å². The summed E-state index contributed by atoms with van der Waals surface area (Å²) in [5.74, 6) is 1.42. The lowest BCUT2D eigenvalue weighted by Gasteiger charge is -2.30. The van der Waals surface area contributed by atoms with Crippen molar-refractivity contribution in [1.82, 2.24) is 0 Å². The minimum absolute atomic E-state index is 0.327. The summed E-state index contributed by atoms with van der Waals surface area (Å²) in [4.78, 5) is 10.2. The van der Waals surface area contributed by atoms with Crippen LogP contribution in [0, 0.1) is 23.7 Å². The number of aliphatic imine (C=N–C) groups is 2. The molecule has 0 aromatic carbocycles. The summed E-state index contributed by atoms with van der Waals surface area (Å²) in [7, 11) is 0. The normalized spacial score (nSPS) is 26.3. The molecule has 35 heavy (non-hydrogen) atoms. The minimum Gasteiger partial charge on any atom is -0.411 e. The van der Waals surface area contributed by atoms with Crippen LogP contribution in [0.25, 0.3) is 0 Å². The summed E-state index contributed by atoms with van der Waals surface area (Å²) in [5.41, 5.74) is 3.72. The van der Waals surface area contributed by atoms with E-state index in [0.29, 0.717) is 30.3 Å².